The van der Waals surface area contributed by atoms with E-state index in [1.54, 1.807) is 7.11 Å². The Labute approximate surface area is 111 Å². The lowest BCUT2D eigenvalue weighted by Gasteiger charge is -2.27. The van der Waals surface area contributed by atoms with Gasteiger partial charge in [-0.15, -0.1) is 5.10 Å². The standard InChI is InChI=1S/C12H19N3O2S/c1-3-9-10(18-15-14-9)11(16)13-8-12(17-2)6-4-5-7-12/h3-8H2,1-2H3,(H,13,16). The molecule has 0 bridgehead atoms. The van der Waals surface area contributed by atoms with Gasteiger partial charge >= 0.3 is 0 Å². The Hall–Kier alpha value is -1.01. The van der Waals surface area contributed by atoms with Gasteiger partial charge in [-0.05, 0) is 30.8 Å². The molecule has 1 aromatic heterocycles. The van der Waals surface area contributed by atoms with Crippen LogP contribution in [-0.4, -0.2) is 34.7 Å². The highest BCUT2D eigenvalue weighted by atomic mass is 32.1. The molecule has 0 atom stereocenters. The van der Waals surface area contributed by atoms with Crippen LogP contribution in [0.4, 0.5) is 0 Å². The quantitative estimate of drug-likeness (QED) is 0.885. The Morgan fingerprint density at radius 3 is 2.83 bits per heavy atom. The van der Waals surface area contributed by atoms with Crippen LogP contribution < -0.4 is 5.32 Å². The van der Waals surface area contributed by atoms with E-state index in [2.05, 4.69) is 14.9 Å². The normalized spacial score (nSPS) is 17.9. The van der Waals surface area contributed by atoms with Crippen molar-refractivity contribution in [1.82, 2.24) is 14.9 Å². The first-order chi connectivity index (χ1) is 8.71. The van der Waals surface area contributed by atoms with Crippen molar-refractivity contribution in [3.63, 3.8) is 0 Å². The summed E-state index contributed by atoms with van der Waals surface area (Å²) >= 11 is 1.16. The van der Waals surface area contributed by atoms with E-state index in [9.17, 15) is 4.79 Å². The first-order valence-electron chi connectivity index (χ1n) is 6.35. The maximum atomic E-state index is 12.1. The summed E-state index contributed by atoms with van der Waals surface area (Å²) in [6, 6.07) is 0. The minimum Gasteiger partial charge on any atom is -0.376 e. The number of carbonyl (C=O) groups excluding carboxylic acids is 1. The summed E-state index contributed by atoms with van der Waals surface area (Å²) < 4.78 is 9.41. The Balaban J connectivity index is 1.96. The van der Waals surface area contributed by atoms with Crippen LogP contribution in [0.5, 0.6) is 0 Å². The van der Waals surface area contributed by atoms with E-state index < -0.39 is 0 Å². The first-order valence-corrected chi connectivity index (χ1v) is 7.13. The van der Waals surface area contributed by atoms with Crippen LogP contribution in [0.1, 0.15) is 48.0 Å². The second-order valence-electron chi connectivity index (χ2n) is 4.68. The molecule has 100 valence electrons. The molecule has 18 heavy (non-hydrogen) atoms. The van der Waals surface area contributed by atoms with E-state index in [4.69, 9.17) is 4.74 Å². The fourth-order valence-electron chi connectivity index (χ4n) is 2.41. The number of methoxy groups -OCH3 is 1. The minimum absolute atomic E-state index is 0.0785. The van der Waals surface area contributed by atoms with Crippen molar-refractivity contribution >= 4 is 17.4 Å². The van der Waals surface area contributed by atoms with Gasteiger partial charge < -0.3 is 10.1 Å². The molecule has 0 spiro atoms. The van der Waals surface area contributed by atoms with E-state index in [-0.39, 0.29) is 11.5 Å². The molecule has 1 heterocycles. The summed E-state index contributed by atoms with van der Waals surface area (Å²) in [5.74, 6) is -0.0785. The average molecular weight is 269 g/mol. The Bertz CT molecular complexity index is 413. The lowest BCUT2D eigenvalue weighted by Crippen LogP contribution is -2.42. The second kappa shape index (κ2) is 5.75. The van der Waals surface area contributed by atoms with E-state index in [1.807, 2.05) is 6.92 Å². The fourth-order valence-corrected chi connectivity index (χ4v) is 3.07. The minimum atomic E-state index is -0.167. The summed E-state index contributed by atoms with van der Waals surface area (Å²) in [7, 11) is 1.73. The van der Waals surface area contributed by atoms with Gasteiger partial charge in [0.2, 0.25) is 0 Å². The van der Waals surface area contributed by atoms with Gasteiger partial charge in [0, 0.05) is 13.7 Å². The summed E-state index contributed by atoms with van der Waals surface area (Å²) in [6.07, 6.45) is 5.11. The summed E-state index contributed by atoms with van der Waals surface area (Å²) in [5.41, 5.74) is 0.607. The van der Waals surface area contributed by atoms with E-state index >= 15 is 0 Å². The van der Waals surface area contributed by atoms with Crippen molar-refractivity contribution in [2.24, 2.45) is 0 Å². The number of ether oxygens (including phenoxy) is 1. The van der Waals surface area contributed by atoms with E-state index in [1.165, 1.54) is 12.8 Å². The van der Waals surface area contributed by atoms with Gasteiger partial charge in [-0.2, -0.15) is 0 Å². The molecule has 1 fully saturated rings. The van der Waals surface area contributed by atoms with Crippen LogP contribution in [0.2, 0.25) is 0 Å². The molecule has 5 nitrogen and oxygen atoms in total. The van der Waals surface area contributed by atoms with Gasteiger partial charge in [-0.25, -0.2) is 0 Å². The van der Waals surface area contributed by atoms with Gasteiger partial charge in [0.05, 0.1) is 11.3 Å². The van der Waals surface area contributed by atoms with E-state index in [0.717, 1.165) is 36.5 Å². The number of carbonyl (C=O) groups is 1. The number of hydrogen-bond donors (Lipinski definition) is 1. The molecule has 1 N–H and O–H groups in total. The Kier molecular flexibility index (Phi) is 4.29. The predicted molar refractivity (Wildman–Crippen MR) is 69.8 cm³/mol. The van der Waals surface area contributed by atoms with Crippen LogP contribution in [0.25, 0.3) is 0 Å². The number of rotatable bonds is 5. The zero-order valence-electron chi connectivity index (χ0n) is 10.9. The molecule has 1 aliphatic rings. The van der Waals surface area contributed by atoms with Crippen molar-refractivity contribution in [3.05, 3.63) is 10.6 Å². The molecule has 0 unspecified atom stereocenters. The molecule has 0 aliphatic heterocycles. The summed E-state index contributed by atoms with van der Waals surface area (Å²) in [6.45, 7) is 2.55. The van der Waals surface area contributed by atoms with Gasteiger partial charge in [0.15, 0.2) is 0 Å². The van der Waals surface area contributed by atoms with Crippen molar-refractivity contribution in [2.45, 2.75) is 44.6 Å². The van der Waals surface area contributed by atoms with Crippen LogP contribution in [0.3, 0.4) is 0 Å². The third kappa shape index (κ3) is 2.70. The molecule has 1 amide bonds. The molecular formula is C12H19N3O2S. The molecule has 6 heteroatoms. The maximum absolute atomic E-state index is 12.1. The predicted octanol–water partition coefficient (Wildman–Crippen LogP) is 1.79. The molecule has 1 saturated carbocycles. The third-order valence-corrected chi connectivity index (χ3v) is 4.38. The van der Waals surface area contributed by atoms with Crippen molar-refractivity contribution < 1.29 is 9.53 Å². The van der Waals surface area contributed by atoms with Crippen LogP contribution in [-0.2, 0) is 11.2 Å². The molecule has 2 rings (SSSR count). The van der Waals surface area contributed by atoms with Crippen molar-refractivity contribution in [1.29, 1.82) is 0 Å². The highest BCUT2D eigenvalue weighted by Gasteiger charge is 2.34. The summed E-state index contributed by atoms with van der Waals surface area (Å²) in [4.78, 5) is 12.7. The fraction of sp³-hybridized carbons (Fsp3) is 0.750. The molecule has 0 radical (unpaired) electrons. The van der Waals surface area contributed by atoms with Crippen molar-refractivity contribution in [2.75, 3.05) is 13.7 Å². The number of nitrogens with one attached hydrogen (secondary N) is 1. The Morgan fingerprint density at radius 2 is 2.22 bits per heavy atom. The highest BCUT2D eigenvalue weighted by Crippen LogP contribution is 2.32. The van der Waals surface area contributed by atoms with Crippen LogP contribution >= 0.6 is 11.5 Å². The third-order valence-electron chi connectivity index (χ3n) is 3.62. The first kappa shape index (κ1) is 13.4. The smallest absolute Gasteiger partial charge is 0.265 e. The van der Waals surface area contributed by atoms with Gasteiger partial charge in [0.1, 0.15) is 4.88 Å². The molecule has 1 aliphatic carbocycles. The zero-order valence-corrected chi connectivity index (χ0v) is 11.7. The molecular weight excluding hydrogens is 250 g/mol. The number of aromatic nitrogens is 2. The van der Waals surface area contributed by atoms with Gasteiger partial charge in [0.25, 0.3) is 5.91 Å². The second-order valence-corrected chi connectivity index (χ2v) is 5.43. The number of hydrogen-bond acceptors (Lipinski definition) is 5. The number of aryl methyl sites for hydroxylation is 1. The van der Waals surface area contributed by atoms with Crippen LogP contribution in [0, 0.1) is 0 Å². The molecule has 0 aromatic carbocycles. The lowest BCUT2D eigenvalue weighted by molar-refractivity contribution is -0.00258. The lowest BCUT2D eigenvalue weighted by atomic mass is 10.0. The van der Waals surface area contributed by atoms with E-state index in [0.29, 0.717) is 11.4 Å². The average Bonchev–Trinajstić information content (AvgIpc) is 3.05. The van der Waals surface area contributed by atoms with Crippen molar-refractivity contribution in [3.8, 4) is 0 Å². The highest BCUT2D eigenvalue weighted by molar-refractivity contribution is 7.08. The van der Waals surface area contributed by atoms with Crippen LogP contribution in [0.15, 0.2) is 0 Å². The topological polar surface area (TPSA) is 64.1 Å². The Morgan fingerprint density at radius 1 is 1.50 bits per heavy atom. The zero-order chi connectivity index (χ0) is 13.0. The van der Waals surface area contributed by atoms with Gasteiger partial charge in [-0.1, -0.05) is 24.3 Å². The number of nitrogens with zero attached hydrogens (tertiary/aromatic N) is 2. The summed E-state index contributed by atoms with van der Waals surface area (Å²) in [5, 5.41) is 6.91. The number of amides is 1. The largest absolute Gasteiger partial charge is 0.376 e. The maximum Gasteiger partial charge on any atom is 0.265 e. The SMILES string of the molecule is CCc1nnsc1C(=O)NCC1(OC)CCCC1. The molecule has 0 saturated heterocycles. The molecule has 1 aromatic rings. The monoisotopic (exact) mass is 269 g/mol. The van der Waals surface area contributed by atoms with Gasteiger partial charge in [-0.3, -0.25) is 4.79 Å².